The second-order valence-electron chi connectivity index (χ2n) is 9.31. The highest BCUT2D eigenvalue weighted by Crippen LogP contribution is 2.26. The molecule has 7 nitrogen and oxygen atoms in total. The van der Waals surface area contributed by atoms with E-state index in [1.165, 1.54) is 5.56 Å². The molecular weight excluding hydrogens is 430 g/mol. The van der Waals surface area contributed by atoms with E-state index in [2.05, 4.69) is 5.32 Å². The normalized spacial score (nSPS) is 21.0. The van der Waals surface area contributed by atoms with E-state index < -0.39 is 12.1 Å². The lowest BCUT2D eigenvalue weighted by Crippen LogP contribution is -2.54. The first-order valence-corrected chi connectivity index (χ1v) is 12.2. The summed E-state index contributed by atoms with van der Waals surface area (Å²) in [5.41, 5.74) is 3.25. The van der Waals surface area contributed by atoms with E-state index in [9.17, 15) is 14.7 Å². The van der Waals surface area contributed by atoms with Crippen molar-refractivity contribution in [2.45, 2.75) is 63.9 Å². The van der Waals surface area contributed by atoms with Crippen molar-refractivity contribution in [3.63, 3.8) is 0 Å². The van der Waals surface area contributed by atoms with E-state index in [0.29, 0.717) is 32.7 Å². The van der Waals surface area contributed by atoms with Crippen LogP contribution in [0.5, 0.6) is 0 Å². The number of urea groups is 1. The minimum absolute atomic E-state index is 0.0624. The fraction of sp³-hybridized carbons (Fsp3) is 0.481. The molecule has 0 aromatic heterocycles. The van der Waals surface area contributed by atoms with Crippen LogP contribution < -0.4 is 5.32 Å². The zero-order valence-corrected chi connectivity index (χ0v) is 19.9. The topological polar surface area (TPSA) is 82.1 Å². The first kappa shape index (κ1) is 24.2. The third kappa shape index (κ3) is 5.96. The first-order chi connectivity index (χ1) is 16.5. The molecule has 0 saturated carbocycles. The van der Waals surface area contributed by atoms with Crippen LogP contribution >= 0.6 is 0 Å². The molecule has 182 valence electrons. The van der Waals surface area contributed by atoms with E-state index >= 15 is 0 Å². The molecule has 4 rings (SSSR count). The van der Waals surface area contributed by atoms with Crippen LogP contribution in [0.15, 0.2) is 54.6 Å². The van der Waals surface area contributed by atoms with Crippen LogP contribution in [-0.2, 0) is 22.7 Å². The van der Waals surface area contributed by atoms with E-state index in [1.54, 1.807) is 9.80 Å². The number of aryl methyl sites for hydroxylation is 1. The third-order valence-corrected chi connectivity index (χ3v) is 6.79. The van der Waals surface area contributed by atoms with Gasteiger partial charge >= 0.3 is 6.03 Å². The van der Waals surface area contributed by atoms with Crippen LogP contribution in [0.3, 0.4) is 0 Å². The molecule has 1 unspecified atom stereocenters. The van der Waals surface area contributed by atoms with Crippen LogP contribution in [-0.4, -0.2) is 64.7 Å². The lowest BCUT2D eigenvalue weighted by molar-refractivity contribution is -0.139. The summed E-state index contributed by atoms with van der Waals surface area (Å²) in [6.07, 6.45) is 2.29. The van der Waals surface area contributed by atoms with Crippen LogP contribution in [0.4, 0.5) is 4.79 Å². The standard InChI is InChI=1S/C27H35N3O4/c1-20-11-13-21(14-12-20)17-28-27(33)30-16-6-10-24(30)26(32)29-15-5-9-23(29)25(31)19-34-18-22-7-3-2-4-8-22/h2-4,7-8,11-14,23-25,31H,5-6,9-10,15-19H2,1H3,(H,28,33)/t23-,24-,25?/m0/s1. The van der Waals surface area contributed by atoms with E-state index in [0.717, 1.165) is 30.4 Å². The van der Waals surface area contributed by atoms with Crippen molar-refractivity contribution in [1.82, 2.24) is 15.1 Å². The third-order valence-electron chi connectivity index (χ3n) is 6.79. The number of rotatable bonds is 8. The summed E-state index contributed by atoms with van der Waals surface area (Å²) in [4.78, 5) is 29.7. The maximum atomic E-state index is 13.4. The molecule has 2 heterocycles. The highest BCUT2D eigenvalue weighted by atomic mass is 16.5. The molecule has 0 bridgehead atoms. The molecule has 7 heteroatoms. The number of carbonyl (C=O) groups excluding carboxylic acids is 2. The van der Waals surface area contributed by atoms with Gasteiger partial charge in [0, 0.05) is 19.6 Å². The Bertz CT molecular complexity index is 950. The van der Waals surface area contributed by atoms with Gasteiger partial charge in [0.15, 0.2) is 0 Å². The summed E-state index contributed by atoms with van der Waals surface area (Å²) in [5, 5.41) is 13.7. The molecule has 2 saturated heterocycles. The van der Waals surface area contributed by atoms with Crippen molar-refractivity contribution < 1.29 is 19.4 Å². The number of nitrogens with one attached hydrogen (secondary N) is 1. The van der Waals surface area contributed by atoms with Crippen molar-refractivity contribution >= 4 is 11.9 Å². The van der Waals surface area contributed by atoms with Gasteiger partial charge in [-0.25, -0.2) is 4.79 Å². The van der Waals surface area contributed by atoms with Gasteiger partial charge in [-0.1, -0.05) is 60.2 Å². The number of aliphatic hydroxyl groups is 1. The maximum absolute atomic E-state index is 13.4. The Labute approximate surface area is 201 Å². The summed E-state index contributed by atoms with van der Waals surface area (Å²) < 4.78 is 5.73. The van der Waals surface area contributed by atoms with Gasteiger partial charge in [-0.2, -0.15) is 0 Å². The highest BCUT2D eigenvalue weighted by Gasteiger charge is 2.41. The second kappa shape index (κ2) is 11.5. The smallest absolute Gasteiger partial charge is 0.318 e. The number of nitrogens with zero attached hydrogens (tertiary/aromatic N) is 2. The Balaban J connectivity index is 1.30. The number of benzene rings is 2. The van der Waals surface area contributed by atoms with Crippen molar-refractivity contribution in [1.29, 1.82) is 0 Å². The monoisotopic (exact) mass is 465 g/mol. The minimum Gasteiger partial charge on any atom is -0.389 e. The van der Waals surface area contributed by atoms with Gasteiger partial charge in [0.25, 0.3) is 0 Å². The largest absolute Gasteiger partial charge is 0.389 e. The number of hydrogen-bond acceptors (Lipinski definition) is 4. The zero-order valence-electron chi connectivity index (χ0n) is 19.9. The quantitative estimate of drug-likeness (QED) is 0.627. The van der Waals surface area contributed by atoms with E-state index in [4.69, 9.17) is 4.74 Å². The fourth-order valence-electron chi connectivity index (χ4n) is 4.89. The van der Waals surface area contributed by atoms with Gasteiger partial charge in [-0.15, -0.1) is 0 Å². The number of likely N-dealkylation sites (tertiary alicyclic amines) is 2. The average molecular weight is 466 g/mol. The predicted octanol–water partition coefficient (Wildman–Crippen LogP) is 3.24. The highest BCUT2D eigenvalue weighted by molar-refractivity contribution is 5.88. The molecular formula is C27H35N3O4. The number of hydrogen-bond donors (Lipinski definition) is 2. The molecule has 2 aromatic rings. The molecule has 3 atom stereocenters. The zero-order chi connectivity index (χ0) is 23.9. The molecule has 0 aliphatic carbocycles. The molecule has 2 fully saturated rings. The van der Waals surface area contributed by atoms with Crippen LogP contribution in [0.25, 0.3) is 0 Å². The molecule has 34 heavy (non-hydrogen) atoms. The lowest BCUT2D eigenvalue weighted by Gasteiger charge is -2.33. The molecule has 2 N–H and O–H groups in total. The van der Waals surface area contributed by atoms with Crippen molar-refractivity contribution in [2.75, 3.05) is 19.7 Å². The molecule has 2 aromatic carbocycles. The lowest BCUT2D eigenvalue weighted by atomic mass is 10.1. The van der Waals surface area contributed by atoms with Gasteiger partial charge in [0.2, 0.25) is 5.91 Å². The maximum Gasteiger partial charge on any atom is 0.318 e. The molecule has 2 aliphatic rings. The van der Waals surface area contributed by atoms with Crippen molar-refractivity contribution in [3.05, 3.63) is 71.3 Å². The van der Waals surface area contributed by atoms with Gasteiger partial charge in [0.1, 0.15) is 6.04 Å². The van der Waals surface area contributed by atoms with Gasteiger partial charge in [0.05, 0.1) is 25.4 Å². The number of aliphatic hydroxyl groups excluding tert-OH is 1. The van der Waals surface area contributed by atoms with Crippen LogP contribution in [0.1, 0.15) is 42.4 Å². The van der Waals surface area contributed by atoms with Gasteiger partial charge in [-0.3, -0.25) is 4.79 Å². The Morgan fingerprint density at radius 3 is 2.47 bits per heavy atom. The molecule has 3 amide bonds. The minimum atomic E-state index is -0.750. The summed E-state index contributed by atoms with van der Waals surface area (Å²) in [6, 6.07) is 16.9. The van der Waals surface area contributed by atoms with E-state index in [-0.39, 0.29) is 24.6 Å². The Hall–Kier alpha value is -2.90. The predicted molar refractivity (Wildman–Crippen MR) is 130 cm³/mol. The average Bonchev–Trinajstić information content (AvgIpc) is 3.54. The van der Waals surface area contributed by atoms with Crippen molar-refractivity contribution in [3.8, 4) is 0 Å². The summed E-state index contributed by atoms with van der Waals surface area (Å²) in [5.74, 6) is -0.0624. The Morgan fingerprint density at radius 2 is 1.71 bits per heavy atom. The van der Waals surface area contributed by atoms with Crippen LogP contribution in [0, 0.1) is 6.92 Å². The first-order valence-electron chi connectivity index (χ1n) is 12.2. The van der Waals surface area contributed by atoms with Crippen molar-refractivity contribution in [2.24, 2.45) is 0 Å². The molecule has 2 aliphatic heterocycles. The fourth-order valence-corrected chi connectivity index (χ4v) is 4.89. The van der Waals surface area contributed by atoms with Crippen LogP contribution in [0.2, 0.25) is 0 Å². The summed E-state index contributed by atoms with van der Waals surface area (Å²) >= 11 is 0. The Morgan fingerprint density at radius 1 is 1.00 bits per heavy atom. The number of amides is 3. The summed E-state index contributed by atoms with van der Waals surface area (Å²) in [6.45, 7) is 4.23. The second-order valence-corrected chi connectivity index (χ2v) is 9.31. The molecule has 0 spiro atoms. The Kier molecular flexibility index (Phi) is 8.19. The number of ether oxygens (including phenoxy) is 1. The van der Waals surface area contributed by atoms with Gasteiger partial charge in [-0.05, 0) is 43.7 Å². The molecule has 0 radical (unpaired) electrons. The number of carbonyl (C=O) groups is 2. The van der Waals surface area contributed by atoms with Gasteiger partial charge < -0.3 is 25.0 Å². The summed E-state index contributed by atoms with van der Waals surface area (Å²) in [7, 11) is 0. The van der Waals surface area contributed by atoms with E-state index in [1.807, 2.05) is 61.5 Å². The SMILES string of the molecule is Cc1ccc(CNC(=O)N2CCC[C@H]2C(=O)N2CCC[C@H]2C(O)COCc2ccccc2)cc1.